The maximum Gasteiger partial charge on any atom is 0.279 e. The Hall–Kier alpha value is -4.07. The molecule has 0 atom stereocenters. The van der Waals surface area contributed by atoms with Gasteiger partial charge in [-0.25, -0.2) is 4.98 Å². The topological polar surface area (TPSA) is 105 Å². The second-order valence-electron chi connectivity index (χ2n) is 7.42. The molecule has 3 heterocycles. The van der Waals surface area contributed by atoms with Gasteiger partial charge < -0.3 is 9.55 Å². The fraction of sp³-hybridized carbons (Fsp3) is 0.174. The number of fused-ring (bicyclic) bond motifs is 1. The highest BCUT2D eigenvalue weighted by Gasteiger charge is 2.13. The molecule has 0 aliphatic heterocycles. The summed E-state index contributed by atoms with van der Waals surface area (Å²) >= 11 is 0. The summed E-state index contributed by atoms with van der Waals surface area (Å²) in [6.45, 7) is 2.62. The van der Waals surface area contributed by atoms with E-state index in [2.05, 4.69) is 61.8 Å². The molecule has 0 saturated heterocycles. The first-order valence-corrected chi connectivity index (χ1v) is 10.2. The lowest BCUT2D eigenvalue weighted by molar-refractivity contribution is 0.693. The van der Waals surface area contributed by atoms with E-state index in [9.17, 15) is 4.79 Å². The van der Waals surface area contributed by atoms with E-state index in [1.54, 1.807) is 6.33 Å². The zero-order valence-electron chi connectivity index (χ0n) is 17.0. The highest BCUT2D eigenvalue weighted by atomic mass is 16.1. The summed E-state index contributed by atoms with van der Waals surface area (Å²) in [5.74, 6) is 0.558. The van der Waals surface area contributed by atoms with Crippen LogP contribution in [0.4, 0.5) is 0 Å². The van der Waals surface area contributed by atoms with E-state index in [1.165, 1.54) is 0 Å². The second-order valence-corrected chi connectivity index (χ2v) is 7.42. The summed E-state index contributed by atoms with van der Waals surface area (Å²) in [4.78, 5) is 20.3. The van der Waals surface area contributed by atoms with E-state index in [-0.39, 0.29) is 5.56 Å². The Labute approximate surface area is 178 Å². The van der Waals surface area contributed by atoms with Crippen molar-refractivity contribution in [2.24, 2.45) is 0 Å². The van der Waals surface area contributed by atoms with Gasteiger partial charge in [0.15, 0.2) is 5.52 Å². The molecule has 5 rings (SSSR count). The van der Waals surface area contributed by atoms with Gasteiger partial charge >= 0.3 is 0 Å². The third-order valence-electron chi connectivity index (χ3n) is 5.40. The molecule has 0 aliphatic rings. The quantitative estimate of drug-likeness (QED) is 0.444. The summed E-state index contributed by atoms with van der Waals surface area (Å²) in [6, 6.07) is 18.2. The fourth-order valence-corrected chi connectivity index (χ4v) is 3.90. The Balaban J connectivity index is 1.50. The number of aryl methyl sites for hydroxylation is 1. The van der Waals surface area contributed by atoms with Crippen molar-refractivity contribution >= 4 is 11.0 Å². The Morgan fingerprint density at radius 3 is 2.58 bits per heavy atom. The van der Waals surface area contributed by atoms with Crippen LogP contribution in [0.15, 0.2) is 65.7 Å². The van der Waals surface area contributed by atoms with Gasteiger partial charge in [0.05, 0.1) is 18.4 Å². The molecule has 31 heavy (non-hydrogen) atoms. The van der Waals surface area contributed by atoms with E-state index in [0.29, 0.717) is 17.9 Å². The first-order valence-electron chi connectivity index (χ1n) is 10.2. The van der Waals surface area contributed by atoms with Crippen molar-refractivity contribution in [3.8, 4) is 22.5 Å². The maximum atomic E-state index is 13.0. The predicted molar refractivity (Wildman–Crippen MR) is 119 cm³/mol. The molecule has 3 aromatic heterocycles. The highest BCUT2D eigenvalue weighted by molar-refractivity contribution is 5.80. The number of aromatic nitrogens is 7. The van der Waals surface area contributed by atoms with E-state index < -0.39 is 0 Å². The highest BCUT2D eigenvalue weighted by Crippen LogP contribution is 2.29. The van der Waals surface area contributed by atoms with E-state index in [0.717, 1.165) is 46.3 Å². The lowest BCUT2D eigenvalue weighted by Gasteiger charge is -2.13. The number of nitrogens with zero attached hydrogens (tertiary/aromatic N) is 5. The first kappa shape index (κ1) is 18.9. The lowest BCUT2D eigenvalue weighted by atomic mass is 9.98. The van der Waals surface area contributed by atoms with Crippen LogP contribution in [0, 0.1) is 0 Å². The predicted octanol–water partition coefficient (Wildman–Crippen LogP) is 3.57. The molecule has 0 aliphatic carbocycles. The van der Waals surface area contributed by atoms with Gasteiger partial charge in [-0.1, -0.05) is 61.9 Å². The van der Waals surface area contributed by atoms with Crippen LogP contribution in [0.25, 0.3) is 33.5 Å². The summed E-state index contributed by atoms with van der Waals surface area (Å²) in [5, 5.41) is 14.4. The summed E-state index contributed by atoms with van der Waals surface area (Å²) in [5.41, 5.74) is 6.25. The van der Waals surface area contributed by atoms with Crippen molar-refractivity contribution in [1.82, 2.24) is 35.2 Å². The molecule has 154 valence electrons. The monoisotopic (exact) mass is 411 g/mol. The minimum Gasteiger partial charge on any atom is -0.344 e. The van der Waals surface area contributed by atoms with Crippen molar-refractivity contribution in [2.75, 3.05) is 0 Å². The third-order valence-corrected chi connectivity index (χ3v) is 5.40. The van der Waals surface area contributed by atoms with Crippen LogP contribution >= 0.6 is 0 Å². The molecule has 0 fully saturated rings. The lowest BCUT2D eigenvalue weighted by Crippen LogP contribution is -2.24. The molecule has 0 saturated carbocycles. The van der Waals surface area contributed by atoms with E-state index in [4.69, 9.17) is 0 Å². The van der Waals surface area contributed by atoms with Gasteiger partial charge in [-0.05, 0) is 34.4 Å². The SMILES string of the molecule is CCCc1cc2[nH]cnc2c(=O)n1Cc1ccc(-c2ccccc2-c2nn[nH]n2)cc1. The van der Waals surface area contributed by atoms with Gasteiger partial charge in [-0.2, -0.15) is 5.21 Å². The Bertz CT molecular complexity index is 1380. The molecular formula is C23H21N7O. The molecule has 5 aromatic rings. The Morgan fingerprint density at radius 1 is 1.03 bits per heavy atom. The van der Waals surface area contributed by atoms with Crippen LogP contribution in [0.1, 0.15) is 24.6 Å². The van der Waals surface area contributed by atoms with Gasteiger partial charge in [0.1, 0.15) is 0 Å². The number of pyridine rings is 1. The number of benzene rings is 2. The normalized spacial score (nSPS) is 11.3. The van der Waals surface area contributed by atoms with Gasteiger partial charge in [-0.3, -0.25) is 4.79 Å². The molecule has 8 heteroatoms. The molecule has 0 bridgehead atoms. The average molecular weight is 411 g/mol. The van der Waals surface area contributed by atoms with Crippen molar-refractivity contribution in [2.45, 2.75) is 26.3 Å². The van der Waals surface area contributed by atoms with Crippen LogP contribution < -0.4 is 5.56 Å². The van der Waals surface area contributed by atoms with E-state index >= 15 is 0 Å². The van der Waals surface area contributed by atoms with Crippen LogP contribution in [-0.4, -0.2) is 35.2 Å². The number of hydrogen-bond donors (Lipinski definition) is 2. The number of tetrazole rings is 1. The molecule has 2 aromatic carbocycles. The minimum absolute atomic E-state index is 0.0614. The molecule has 8 nitrogen and oxygen atoms in total. The second kappa shape index (κ2) is 7.98. The fourth-order valence-electron chi connectivity index (χ4n) is 3.90. The largest absolute Gasteiger partial charge is 0.344 e. The Morgan fingerprint density at radius 2 is 1.84 bits per heavy atom. The number of imidazole rings is 1. The van der Waals surface area contributed by atoms with Crippen molar-refractivity contribution < 1.29 is 0 Å². The van der Waals surface area contributed by atoms with Gasteiger partial charge in [0.2, 0.25) is 5.82 Å². The zero-order valence-corrected chi connectivity index (χ0v) is 17.0. The van der Waals surface area contributed by atoms with Crippen molar-refractivity contribution in [1.29, 1.82) is 0 Å². The molecule has 2 N–H and O–H groups in total. The van der Waals surface area contributed by atoms with Crippen LogP contribution in [-0.2, 0) is 13.0 Å². The van der Waals surface area contributed by atoms with E-state index in [1.807, 2.05) is 34.9 Å². The molecule has 0 radical (unpaired) electrons. The maximum absolute atomic E-state index is 13.0. The number of H-pyrrole nitrogens is 2. The van der Waals surface area contributed by atoms with Gasteiger partial charge in [0.25, 0.3) is 5.56 Å². The van der Waals surface area contributed by atoms with Crippen LogP contribution in [0.3, 0.4) is 0 Å². The number of nitrogens with one attached hydrogen (secondary N) is 2. The van der Waals surface area contributed by atoms with Crippen molar-refractivity contribution in [3.63, 3.8) is 0 Å². The summed E-state index contributed by atoms with van der Waals surface area (Å²) < 4.78 is 1.83. The summed E-state index contributed by atoms with van der Waals surface area (Å²) in [7, 11) is 0. The van der Waals surface area contributed by atoms with Gasteiger partial charge in [-0.15, -0.1) is 10.2 Å². The van der Waals surface area contributed by atoms with Crippen LogP contribution in [0.2, 0.25) is 0 Å². The van der Waals surface area contributed by atoms with Crippen LogP contribution in [0.5, 0.6) is 0 Å². The summed E-state index contributed by atoms with van der Waals surface area (Å²) in [6.07, 6.45) is 3.37. The number of aromatic amines is 2. The molecular weight excluding hydrogens is 390 g/mol. The van der Waals surface area contributed by atoms with Crippen molar-refractivity contribution in [3.05, 3.63) is 82.5 Å². The average Bonchev–Trinajstić information content (AvgIpc) is 3.49. The minimum atomic E-state index is -0.0614. The first-order chi connectivity index (χ1) is 15.2. The van der Waals surface area contributed by atoms with Gasteiger partial charge in [0, 0.05) is 11.3 Å². The molecule has 0 amide bonds. The zero-order chi connectivity index (χ0) is 21.2. The molecule has 0 unspecified atom stereocenters. The molecule has 0 spiro atoms. The third kappa shape index (κ3) is 3.52. The standard InChI is InChI=1S/C23H21N7O/c1-2-5-17-12-20-21(25-14-24-20)23(31)30(17)13-15-8-10-16(11-9-15)18-6-3-4-7-19(18)22-26-28-29-27-22/h3-4,6-12,14H,2,5,13H2,1H3,(H,24,25)(H,26,27,28,29). The number of rotatable bonds is 6. The number of hydrogen-bond acceptors (Lipinski definition) is 5. The smallest absolute Gasteiger partial charge is 0.279 e. The Kier molecular flexibility index (Phi) is 4.87.